The van der Waals surface area contributed by atoms with E-state index in [4.69, 9.17) is 23.9 Å². The van der Waals surface area contributed by atoms with E-state index < -0.39 is 5.92 Å². The largest absolute Gasteiger partial charge is 0.330 e. The third-order valence-corrected chi connectivity index (χ3v) is 5.74. The summed E-state index contributed by atoms with van der Waals surface area (Å²) < 4.78 is 1.80. The molecule has 0 saturated heterocycles. The molecule has 8 nitrogen and oxygen atoms in total. The van der Waals surface area contributed by atoms with Crippen LogP contribution in [0.3, 0.4) is 0 Å². The molecule has 0 bridgehead atoms. The van der Waals surface area contributed by atoms with Crippen LogP contribution in [0.15, 0.2) is 48.9 Å². The van der Waals surface area contributed by atoms with Gasteiger partial charge in [-0.15, -0.1) is 0 Å². The molecular weight excluding hydrogens is 450 g/mol. The Morgan fingerprint density at radius 2 is 2.15 bits per heavy atom. The number of hydrogen-bond donors (Lipinski definition) is 1. The summed E-state index contributed by atoms with van der Waals surface area (Å²) in [6.07, 6.45) is 7.67. The van der Waals surface area contributed by atoms with E-state index in [9.17, 15) is 4.79 Å². The highest BCUT2D eigenvalue weighted by atomic mass is 35.5. The number of nitrogens with two attached hydrogens (primary N) is 1. The van der Waals surface area contributed by atoms with Crippen molar-refractivity contribution >= 4 is 34.1 Å². The van der Waals surface area contributed by atoms with Crippen molar-refractivity contribution in [3.05, 3.63) is 88.0 Å². The topological polar surface area (TPSA) is 104 Å². The number of aryl methyl sites for hydroxylation is 1. The lowest BCUT2D eigenvalue weighted by molar-refractivity contribution is -0.118. The minimum absolute atomic E-state index is 0.0523. The Balaban J connectivity index is 0.000000257. The molecule has 2 N–H and O–H groups in total. The third kappa shape index (κ3) is 4.96. The number of fused-ring (bicyclic) bond motifs is 2. The molecule has 1 aromatic carbocycles. The monoisotopic (exact) mass is 473 g/mol. The van der Waals surface area contributed by atoms with Crippen LogP contribution in [0, 0.1) is 6.57 Å². The first-order valence-corrected chi connectivity index (χ1v) is 11.4. The van der Waals surface area contributed by atoms with Crippen LogP contribution < -0.4 is 5.73 Å². The fraction of sp³-hybridized carbons (Fsp3) is 0.280. The zero-order valence-electron chi connectivity index (χ0n) is 18.8. The van der Waals surface area contributed by atoms with Gasteiger partial charge in [-0.1, -0.05) is 31.2 Å². The molecule has 0 fully saturated rings. The SMILES string of the molecule is NCCc1cccnc1.[C-]#[N+]c1ccc2c(c1)C(c1nc(Cl)nc3nn(CCC)cc13)C(=O)C2. The first kappa shape index (κ1) is 23.5. The van der Waals surface area contributed by atoms with Crippen molar-refractivity contribution in [1.29, 1.82) is 0 Å². The van der Waals surface area contributed by atoms with Crippen molar-refractivity contribution in [2.45, 2.75) is 38.6 Å². The first-order valence-electron chi connectivity index (χ1n) is 11.1. The lowest BCUT2D eigenvalue weighted by atomic mass is 9.95. The molecule has 1 aliphatic rings. The Morgan fingerprint density at radius 3 is 2.85 bits per heavy atom. The van der Waals surface area contributed by atoms with E-state index in [1.165, 1.54) is 5.56 Å². The van der Waals surface area contributed by atoms with E-state index in [0.29, 0.717) is 30.0 Å². The van der Waals surface area contributed by atoms with Crippen molar-refractivity contribution in [2.75, 3.05) is 6.54 Å². The smallest absolute Gasteiger partial charge is 0.224 e. The maximum Gasteiger partial charge on any atom is 0.224 e. The lowest BCUT2D eigenvalue weighted by Crippen LogP contribution is -2.11. The zero-order chi connectivity index (χ0) is 24.1. The molecular formula is C25H24ClN7O. The maximum absolute atomic E-state index is 12.7. The van der Waals surface area contributed by atoms with Crippen LogP contribution in [-0.2, 0) is 24.2 Å². The van der Waals surface area contributed by atoms with Gasteiger partial charge in [0.15, 0.2) is 17.1 Å². The second kappa shape index (κ2) is 10.5. The van der Waals surface area contributed by atoms with Gasteiger partial charge in [0.1, 0.15) is 0 Å². The standard InChI is InChI=1S/C18H14ClN5O.C7H10N2/c1-3-6-24-9-13-16(21-18(19)22-17(13)23-24)15-12-8-11(20-2)5-4-10(12)7-14(15)25;8-4-3-7-2-1-5-9-6-7/h4-5,8-9,15H,3,6-7H2,1H3;1-2,5-6H,3-4,8H2. The van der Waals surface area contributed by atoms with Gasteiger partial charge < -0.3 is 5.73 Å². The van der Waals surface area contributed by atoms with Gasteiger partial charge in [-0.25, -0.2) is 9.83 Å². The molecule has 0 radical (unpaired) electrons. The van der Waals surface area contributed by atoms with Gasteiger partial charge in [-0.05, 0) is 53.7 Å². The van der Waals surface area contributed by atoms with E-state index in [1.807, 2.05) is 30.6 Å². The number of pyridine rings is 1. The Bertz CT molecular complexity index is 1360. The number of Topliss-reactive ketones (excluding diaryl/α,β-unsaturated/α-hetero) is 1. The van der Waals surface area contributed by atoms with Crippen LogP contribution in [-0.4, -0.2) is 37.1 Å². The van der Waals surface area contributed by atoms with E-state index >= 15 is 0 Å². The second-order valence-corrected chi connectivity index (χ2v) is 8.32. The van der Waals surface area contributed by atoms with Crippen molar-refractivity contribution < 1.29 is 4.79 Å². The number of halogens is 1. The highest BCUT2D eigenvalue weighted by Gasteiger charge is 2.35. The summed E-state index contributed by atoms with van der Waals surface area (Å²) in [6.45, 7) is 10.7. The normalized spacial score (nSPS) is 14.4. The molecule has 0 spiro atoms. The zero-order valence-corrected chi connectivity index (χ0v) is 19.5. The van der Waals surface area contributed by atoms with Crippen molar-refractivity contribution in [3.8, 4) is 0 Å². The van der Waals surface area contributed by atoms with Gasteiger partial charge in [0.25, 0.3) is 0 Å². The molecule has 4 aromatic rings. The minimum atomic E-state index is -0.529. The Morgan fingerprint density at radius 1 is 1.29 bits per heavy atom. The summed E-state index contributed by atoms with van der Waals surface area (Å²) in [5.41, 5.74) is 9.88. The minimum Gasteiger partial charge on any atom is -0.330 e. The maximum atomic E-state index is 12.7. The summed E-state index contributed by atoms with van der Waals surface area (Å²) in [6, 6.07) is 9.31. The number of aromatic nitrogens is 5. The van der Waals surface area contributed by atoms with Crippen LogP contribution in [0.5, 0.6) is 0 Å². The highest BCUT2D eigenvalue weighted by Crippen LogP contribution is 2.39. The molecule has 3 heterocycles. The summed E-state index contributed by atoms with van der Waals surface area (Å²) in [5, 5.41) is 5.24. The number of benzene rings is 1. The lowest BCUT2D eigenvalue weighted by Gasteiger charge is -2.11. The number of carbonyl (C=O) groups excluding carboxylic acids is 1. The Hall–Kier alpha value is -3.67. The summed E-state index contributed by atoms with van der Waals surface area (Å²) in [7, 11) is 0. The van der Waals surface area contributed by atoms with Crippen LogP contribution in [0.2, 0.25) is 5.28 Å². The fourth-order valence-electron chi connectivity index (χ4n) is 4.07. The number of rotatable bonds is 5. The molecule has 5 rings (SSSR count). The first-order chi connectivity index (χ1) is 16.5. The second-order valence-electron chi connectivity index (χ2n) is 7.98. The predicted octanol–water partition coefficient (Wildman–Crippen LogP) is 4.28. The summed E-state index contributed by atoms with van der Waals surface area (Å²) in [4.78, 5) is 28.7. The van der Waals surface area contributed by atoms with Crippen molar-refractivity contribution in [1.82, 2.24) is 24.7 Å². The number of ketones is 1. The van der Waals surface area contributed by atoms with E-state index in [2.05, 4.69) is 31.8 Å². The van der Waals surface area contributed by atoms with Crippen LogP contribution in [0.1, 0.15) is 41.6 Å². The van der Waals surface area contributed by atoms with Gasteiger partial charge in [0.2, 0.25) is 5.28 Å². The van der Waals surface area contributed by atoms with Gasteiger partial charge in [-0.2, -0.15) is 10.1 Å². The van der Waals surface area contributed by atoms with Crippen molar-refractivity contribution in [2.24, 2.45) is 5.73 Å². The van der Waals surface area contributed by atoms with Crippen molar-refractivity contribution in [3.63, 3.8) is 0 Å². The van der Waals surface area contributed by atoms with E-state index in [-0.39, 0.29) is 11.1 Å². The molecule has 1 unspecified atom stereocenters. The average Bonchev–Trinajstić information content (AvgIpc) is 3.39. The van der Waals surface area contributed by atoms with E-state index in [0.717, 1.165) is 35.9 Å². The molecule has 9 heteroatoms. The predicted molar refractivity (Wildman–Crippen MR) is 131 cm³/mol. The molecule has 3 aromatic heterocycles. The third-order valence-electron chi connectivity index (χ3n) is 5.57. The Labute approximate surface area is 202 Å². The molecule has 172 valence electrons. The average molecular weight is 474 g/mol. The quantitative estimate of drug-likeness (QED) is 0.342. The Kier molecular flexibility index (Phi) is 7.26. The number of nitrogens with zero attached hydrogens (tertiary/aromatic N) is 6. The number of carbonyl (C=O) groups is 1. The fourth-order valence-corrected chi connectivity index (χ4v) is 4.24. The molecule has 0 aliphatic heterocycles. The molecule has 34 heavy (non-hydrogen) atoms. The van der Waals surface area contributed by atoms with E-state index in [1.54, 1.807) is 23.0 Å². The van der Waals surface area contributed by atoms with Gasteiger partial charge in [0.05, 0.1) is 23.6 Å². The highest BCUT2D eigenvalue weighted by molar-refractivity contribution is 6.28. The van der Waals surface area contributed by atoms with Gasteiger partial charge in [-0.3, -0.25) is 14.5 Å². The molecule has 1 aliphatic carbocycles. The molecule has 0 saturated carbocycles. The van der Waals surface area contributed by atoms with Gasteiger partial charge in [0, 0.05) is 31.6 Å². The number of hydrogen-bond acceptors (Lipinski definition) is 6. The van der Waals surface area contributed by atoms with Gasteiger partial charge >= 0.3 is 0 Å². The molecule has 1 atom stereocenters. The summed E-state index contributed by atoms with van der Waals surface area (Å²) in [5.74, 6) is -0.476. The van der Waals surface area contributed by atoms with Crippen LogP contribution in [0.4, 0.5) is 5.69 Å². The summed E-state index contributed by atoms with van der Waals surface area (Å²) >= 11 is 6.09. The molecule has 0 amide bonds. The van der Waals surface area contributed by atoms with Crippen LogP contribution >= 0.6 is 11.6 Å². The van der Waals surface area contributed by atoms with Crippen LogP contribution in [0.25, 0.3) is 15.9 Å².